The number of ether oxygens (including phenoxy) is 1. The highest BCUT2D eigenvalue weighted by atomic mass is 32.1. The van der Waals surface area contributed by atoms with Gasteiger partial charge in [0.15, 0.2) is 0 Å². The standard InChI is InChI=1S/C14H18N2O4S/c1-14(2,3)19-13(18)15-8-10(9-15)12(17)20-16-7-5-4-6-11(16)21/h4-7,10H,8-9H2,1-3H3. The molecule has 1 aliphatic heterocycles. The zero-order valence-corrected chi connectivity index (χ0v) is 13.1. The van der Waals surface area contributed by atoms with Gasteiger partial charge in [-0.2, -0.15) is 4.73 Å². The van der Waals surface area contributed by atoms with E-state index in [1.807, 2.05) is 0 Å². The Balaban J connectivity index is 1.85. The summed E-state index contributed by atoms with van der Waals surface area (Å²) < 4.78 is 6.88. The number of rotatable bonds is 2. The number of hydrogen-bond acceptors (Lipinski definition) is 5. The van der Waals surface area contributed by atoms with Crippen LogP contribution in [0.3, 0.4) is 0 Å². The Morgan fingerprint density at radius 3 is 2.52 bits per heavy atom. The number of amides is 1. The van der Waals surface area contributed by atoms with Gasteiger partial charge < -0.3 is 14.5 Å². The van der Waals surface area contributed by atoms with Crippen molar-refractivity contribution in [3.05, 3.63) is 29.0 Å². The van der Waals surface area contributed by atoms with Gasteiger partial charge >= 0.3 is 12.1 Å². The molecule has 0 aliphatic carbocycles. The van der Waals surface area contributed by atoms with E-state index in [2.05, 4.69) is 0 Å². The smallest absolute Gasteiger partial charge is 0.410 e. The third kappa shape index (κ3) is 4.04. The molecule has 0 N–H and O–H groups in total. The van der Waals surface area contributed by atoms with Gasteiger partial charge in [-0.05, 0) is 32.9 Å². The number of nitrogens with zero attached hydrogens (tertiary/aromatic N) is 2. The lowest BCUT2D eigenvalue weighted by Crippen LogP contribution is -2.55. The maximum absolute atomic E-state index is 11.9. The predicted molar refractivity (Wildman–Crippen MR) is 78.2 cm³/mol. The molecule has 1 saturated heterocycles. The lowest BCUT2D eigenvalue weighted by Gasteiger charge is -2.38. The molecule has 0 bridgehead atoms. The van der Waals surface area contributed by atoms with Crippen LogP contribution in [0.1, 0.15) is 20.8 Å². The van der Waals surface area contributed by atoms with Crippen LogP contribution in [-0.4, -0.2) is 40.4 Å². The molecule has 2 heterocycles. The Bertz CT molecular complexity index is 599. The van der Waals surface area contributed by atoms with Gasteiger partial charge in [0.2, 0.25) is 0 Å². The molecule has 0 spiro atoms. The molecule has 2 rings (SSSR count). The van der Waals surface area contributed by atoms with Crippen molar-refractivity contribution in [2.75, 3.05) is 13.1 Å². The van der Waals surface area contributed by atoms with Crippen molar-refractivity contribution in [2.24, 2.45) is 5.92 Å². The summed E-state index contributed by atoms with van der Waals surface area (Å²) in [7, 11) is 0. The van der Waals surface area contributed by atoms with Gasteiger partial charge in [-0.1, -0.05) is 18.3 Å². The number of likely N-dealkylation sites (tertiary alicyclic amines) is 1. The molecule has 0 unspecified atom stereocenters. The van der Waals surface area contributed by atoms with E-state index in [1.165, 1.54) is 9.63 Å². The third-order valence-corrected chi connectivity index (χ3v) is 3.16. The van der Waals surface area contributed by atoms with Crippen LogP contribution in [0, 0.1) is 10.6 Å². The zero-order valence-electron chi connectivity index (χ0n) is 12.2. The fraction of sp³-hybridized carbons (Fsp3) is 0.500. The van der Waals surface area contributed by atoms with Crippen LogP contribution in [0.4, 0.5) is 4.79 Å². The molecule has 1 fully saturated rings. The van der Waals surface area contributed by atoms with Crippen LogP contribution in [0.2, 0.25) is 0 Å². The van der Waals surface area contributed by atoms with Crippen molar-refractivity contribution in [3.8, 4) is 0 Å². The molecule has 1 amide bonds. The summed E-state index contributed by atoms with van der Waals surface area (Å²) in [5.74, 6) is -0.753. The van der Waals surface area contributed by atoms with Crippen molar-refractivity contribution in [1.82, 2.24) is 9.63 Å². The molecule has 0 radical (unpaired) electrons. The molecule has 7 heteroatoms. The fourth-order valence-electron chi connectivity index (χ4n) is 1.76. The minimum absolute atomic E-state index is 0.300. The average molecular weight is 310 g/mol. The van der Waals surface area contributed by atoms with Gasteiger partial charge in [0.25, 0.3) is 0 Å². The number of aromatic nitrogens is 1. The zero-order chi connectivity index (χ0) is 15.6. The first-order valence-corrected chi connectivity index (χ1v) is 7.05. The highest BCUT2D eigenvalue weighted by Crippen LogP contribution is 2.20. The lowest BCUT2D eigenvalue weighted by molar-refractivity contribution is -0.154. The van der Waals surface area contributed by atoms with E-state index in [4.69, 9.17) is 21.8 Å². The van der Waals surface area contributed by atoms with E-state index < -0.39 is 17.7 Å². The van der Waals surface area contributed by atoms with E-state index >= 15 is 0 Å². The maximum Gasteiger partial charge on any atom is 0.410 e. The number of pyridine rings is 1. The predicted octanol–water partition coefficient (Wildman–Crippen LogP) is 2.04. The highest BCUT2D eigenvalue weighted by molar-refractivity contribution is 7.71. The van der Waals surface area contributed by atoms with E-state index in [0.717, 1.165) is 0 Å². The van der Waals surface area contributed by atoms with Gasteiger partial charge in [0.05, 0.1) is 5.92 Å². The molecule has 1 aromatic rings. The summed E-state index contributed by atoms with van der Waals surface area (Å²) in [5.41, 5.74) is -0.542. The largest absolute Gasteiger partial charge is 0.444 e. The van der Waals surface area contributed by atoms with Crippen LogP contribution >= 0.6 is 12.2 Å². The van der Waals surface area contributed by atoms with Gasteiger partial charge in [0, 0.05) is 19.3 Å². The summed E-state index contributed by atoms with van der Waals surface area (Å²) in [6, 6.07) is 5.15. The topological polar surface area (TPSA) is 60.8 Å². The molecule has 114 valence electrons. The monoisotopic (exact) mass is 310 g/mol. The Hall–Kier alpha value is -1.89. The van der Waals surface area contributed by atoms with Crippen molar-refractivity contribution in [1.29, 1.82) is 0 Å². The van der Waals surface area contributed by atoms with Crippen molar-refractivity contribution in [2.45, 2.75) is 26.4 Å². The molecule has 0 atom stereocenters. The number of carbonyl (C=O) groups is 2. The average Bonchev–Trinajstić information content (AvgIpc) is 2.27. The van der Waals surface area contributed by atoms with Crippen molar-refractivity contribution < 1.29 is 19.2 Å². The fourth-order valence-corrected chi connectivity index (χ4v) is 1.94. The van der Waals surface area contributed by atoms with Crippen LogP contribution in [0.15, 0.2) is 24.4 Å². The van der Waals surface area contributed by atoms with Crippen LogP contribution in [0.5, 0.6) is 0 Å². The Labute approximate surface area is 128 Å². The molecule has 0 saturated carbocycles. The molecule has 6 nitrogen and oxygen atoms in total. The first kappa shape index (κ1) is 15.5. The Morgan fingerprint density at radius 1 is 1.29 bits per heavy atom. The Morgan fingerprint density at radius 2 is 1.95 bits per heavy atom. The summed E-state index contributed by atoms with van der Waals surface area (Å²) in [4.78, 5) is 30.3. The van der Waals surface area contributed by atoms with E-state index in [1.54, 1.807) is 45.2 Å². The van der Waals surface area contributed by atoms with Crippen molar-refractivity contribution >= 4 is 24.3 Å². The first-order chi connectivity index (χ1) is 9.76. The second-order valence-corrected chi connectivity index (χ2v) is 6.28. The molecule has 0 aromatic carbocycles. The summed E-state index contributed by atoms with van der Waals surface area (Å²) in [6.45, 7) is 6.00. The van der Waals surface area contributed by atoms with Gasteiger partial charge in [0.1, 0.15) is 10.2 Å². The SMILES string of the molecule is CC(C)(C)OC(=O)N1CC(C(=O)On2ccccc2=S)C1. The lowest BCUT2D eigenvalue weighted by atomic mass is 10.0. The van der Waals surface area contributed by atoms with Gasteiger partial charge in [-0.15, -0.1) is 0 Å². The van der Waals surface area contributed by atoms with E-state index in [0.29, 0.717) is 17.7 Å². The van der Waals surface area contributed by atoms with Crippen molar-refractivity contribution in [3.63, 3.8) is 0 Å². The highest BCUT2D eigenvalue weighted by Gasteiger charge is 2.39. The van der Waals surface area contributed by atoms with Crippen LogP contribution in [-0.2, 0) is 9.53 Å². The normalized spacial score (nSPS) is 15.3. The number of carbonyl (C=O) groups excluding carboxylic acids is 2. The number of hydrogen-bond donors (Lipinski definition) is 0. The minimum Gasteiger partial charge on any atom is -0.444 e. The quantitative estimate of drug-likeness (QED) is 0.782. The summed E-state index contributed by atoms with van der Waals surface area (Å²) in [6.07, 6.45) is 1.16. The molecule has 21 heavy (non-hydrogen) atoms. The van der Waals surface area contributed by atoms with Gasteiger partial charge in [-0.3, -0.25) is 0 Å². The maximum atomic E-state index is 11.9. The molecule has 1 aromatic heterocycles. The second-order valence-electron chi connectivity index (χ2n) is 5.86. The summed E-state index contributed by atoms with van der Waals surface area (Å²) >= 11 is 5.04. The van der Waals surface area contributed by atoms with Crippen LogP contribution < -0.4 is 4.84 Å². The van der Waals surface area contributed by atoms with Gasteiger partial charge in [-0.25, -0.2) is 9.59 Å². The van der Waals surface area contributed by atoms with E-state index in [-0.39, 0.29) is 5.92 Å². The minimum atomic E-state index is -0.542. The first-order valence-electron chi connectivity index (χ1n) is 6.64. The van der Waals surface area contributed by atoms with Crippen LogP contribution in [0.25, 0.3) is 0 Å². The molecular weight excluding hydrogens is 292 g/mol. The third-order valence-electron chi connectivity index (χ3n) is 2.84. The van der Waals surface area contributed by atoms with E-state index in [9.17, 15) is 9.59 Å². The Kier molecular flexibility index (Phi) is 4.32. The molecule has 1 aliphatic rings. The molecular formula is C14H18N2O4S. The second kappa shape index (κ2) is 5.85. The summed E-state index contributed by atoms with van der Waals surface area (Å²) in [5, 5.41) is 0.